The van der Waals surface area contributed by atoms with Crippen LogP contribution < -0.4 is 0 Å². The van der Waals surface area contributed by atoms with Crippen molar-refractivity contribution in [3.63, 3.8) is 0 Å². The summed E-state index contributed by atoms with van der Waals surface area (Å²) >= 11 is 3.12. The molecule has 0 amide bonds. The van der Waals surface area contributed by atoms with Crippen LogP contribution in [-0.4, -0.2) is 16.9 Å². The zero-order valence-electron chi connectivity index (χ0n) is 3.85. The highest BCUT2D eigenvalue weighted by Gasteiger charge is 2.36. The maximum absolute atomic E-state index is 10.2. The maximum atomic E-state index is 10.2. The molecule has 7 heavy (non-hydrogen) atoms. The molecule has 1 fully saturated rings. The van der Waals surface area contributed by atoms with Crippen molar-refractivity contribution in [3.8, 4) is 0 Å². The van der Waals surface area contributed by atoms with E-state index in [0.717, 1.165) is 0 Å². The molecular formula is C4H5BrO2. The first-order valence-corrected chi connectivity index (χ1v) is 2.98. The van der Waals surface area contributed by atoms with E-state index in [1.807, 2.05) is 6.92 Å². The lowest BCUT2D eigenvalue weighted by atomic mass is 10.2. The number of hydrogen-bond donors (Lipinski definition) is 0. The third-order valence-corrected chi connectivity index (χ3v) is 2.06. The van der Waals surface area contributed by atoms with Crippen molar-refractivity contribution >= 4 is 21.9 Å². The van der Waals surface area contributed by atoms with E-state index in [-0.39, 0.29) is 16.9 Å². The van der Waals surface area contributed by atoms with Gasteiger partial charge in [-0.05, 0) is 6.92 Å². The van der Waals surface area contributed by atoms with Crippen LogP contribution in [0.3, 0.4) is 0 Å². The molecule has 0 radical (unpaired) electrons. The van der Waals surface area contributed by atoms with E-state index < -0.39 is 0 Å². The number of halogens is 1. The Morgan fingerprint density at radius 3 is 2.43 bits per heavy atom. The van der Waals surface area contributed by atoms with Crippen LogP contribution in [0.15, 0.2) is 0 Å². The van der Waals surface area contributed by atoms with E-state index in [4.69, 9.17) is 0 Å². The molecule has 0 spiro atoms. The molecule has 2 unspecified atom stereocenters. The fourth-order valence-corrected chi connectivity index (χ4v) is 0.643. The summed E-state index contributed by atoms with van der Waals surface area (Å²) < 4.78 is 4.57. The van der Waals surface area contributed by atoms with Crippen molar-refractivity contribution < 1.29 is 9.53 Å². The van der Waals surface area contributed by atoms with Crippen molar-refractivity contribution in [2.24, 2.45) is 0 Å². The van der Waals surface area contributed by atoms with Gasteiger partial charge in [0.05, 0.1) is 0 Å². The highest BCUT2D eigenvalue weighted by atomic mass is 79.9. The Kier molecular flexibility index (Phi) is 1.07. The number of carbonyl (C=O) groups excluding carboxylic acids is 1. The Balaban J connectivity index is 2.43. The van der Waals surface area contributed by atoms with Crippen molar-refractivity contribution in [1.29, 1.82) is 0 Å². The van der Waals surface area contributed by atoms with Gasteiger partial charge >= 0.3 is 5.97 Å². The fourth-order valence-electron chi connectivity index (χ4n) is 0.427. The maximum Gasteiger partial charge on any atom is 0.323 e. The minimum absolute atomic E-state index is 0.0486. The number of ether oxygens (including phenoxy) is 1. The average Bonchev–Trinajstić information content (AvgIpc) is 1.68. The Hall–Kier alpha value is -0.0500. The number of esters is 1. The molecule has 0 aromatic heterocycles. The molecule has 1 saturated heterocycles. The standard InChI is InChI=1S/C4H5BrO2/c1-2-3(5)4(6)7-2/h2-3H,1H3. The Bertz CT molecular complexity index is 102. The summed E-state index contributed by atoms with van der Waals surface area (Å²) in [5.41, 5.74) is 0. The molecular weight excluding hydrogens is 160 g/mol. The second-order valence-corrected chi connectivity index (χ2v) is 2.53. The molecule has 1 rings (SSSR count). The van der Waals surface area contributed by atoms with Crippen LogP contribution in [-0.2, 0) is 9.53 Å². The SMILES string of the molecule is CC1OC(=O)C1Br. The molecule has 1 aliphatic rings. The predicted octanol–water partition coefficient (Wildman–Crippen LogP) is 0.695. The van der Waals surface area contributed by atoms with Gasteiger partial charge in [0.25, 0.3) is 0 Å². The van der Waals surface area contributed by atoms with Gasteiger partial charge in [-0.15, -0.1) is 0 Å². The van der Waals surface area contributed by atoms with Gasteiger partial charge in [0.15, 0.2) is 0 Å². The Labute approximate surface area is 50.0 Å². The Morgan fingerprint density at radius 2 is 2.43 bits per heavy atom. The summed E-state index contributed by atoms with van der Waals surface area (Å²) in [6.45, 7) is 1.85. The van der Waals surface area contributed by atoms with E-state index in [9.17, 15) is 4.79 Å². The lowest BCUT2D eigenvalue weighted by Gasteiger charge is -2.27. The molecule has 1 heterocycles. The monoisotopic (exact) mass is 164 g/mol. The van der Waals surface area contributed by atoms with Crippen LogP contribution >= 0.6 is 15.9 Å². The van der Waals surface area contributed by atoms with Gasteiger partial charge in [0.2, 0.25) is 0 Å². The second-order valence-electron chi connectivity index (χ2n) is 1.54. The second kappa shape index (κ2) is 1.47. The predicted molar refractivity (Wildman–Crippen MR) is 28.3 cm³/mol. The normalized spacial score (nSPS) is 39.4. The van der Waals surface area contributed by atoms with E-state index in [1.165, 1.54) is 0 Å². The first-order valence-electron chi connectivity index (χ1n) is 2.06. The first kappa shape index (κ1) is 5.09. The summed E-state index contributed by atoms with van der Waals surface area (Å²) in [5, 5.41) is 0. The zero-order chi connectivity index (χ0) is 5.44. The topological polar surface area (TPSA) is 26.3 Å². The first-order chi connectivity index (χ1) is 3.22. The minimum atomic E-state index is -0.146. The average molecular weight is 165 g/mol. The summed E-state index contributed by atoms with van der Waals surface area (Å²) in [4.78, 5) is 10.1. The highest BCUT2D eigenvalue weighted by molar-refractivity contribution is 9.10. The number of rotatable bonds is 0. The van der Waals surface area contributed by atoms with Crippen LogP contribution in [0, 0.1) is 0 Å². The zero-order valence-corrected chi connectivity index (χ0v) is 5.44. The number of cyclic esters (lactones) is 1. The van der Waals surface area contributed by atoms with Crippen molar-refractivity contribution in [2.75, 3.05) is 0 Å². The molecule has 0 aromatic rings. The summed E-state index contributed by atoms with van der Waals surface area (Å²) in [6, 6.07) is 0. The lowest BCUT2D eigenvalue weighted by Crippen LogP contribution is -2.43. The van der Waals surface area contributed by atoms with Crippen LogP contribution in [0.1, 0.15) is 6.92 Å². The van der Waals surface area contributed by atoms with Crippen molar-refractivity contribution in [3.05, 3.63) is 0 Å². The molecule has 2 atom stereocenters. The van der Waals surface area contributed by atoms with Gasteiger partial charge in [0.1, 0.15) is 10.9 Å². The minimum Gasteiger partial charge on any atom is -0.460 e. The summed E-state index contributed by atoms with van der Waals surface area (Å²) in [6.07, 6.45) is 0.0764. The van der Waals surface area contributed by atoms with E-state index in [1.54, 1.807) is 0 Å². The lowest BCUT2D eigenvalue weighted by molar-refractivity contribution is -0.164. The van der Waals surface area contributed by atoms with Gasteiger partial charge in [-0.2, -0.15) is 0 Å². The van der Waals surface area contributed by atoms with E-state index >= 15 is 0 Å². The number of hydrogen-bond acceptors (Lipinski definition) is 2. The van der Waals surface area contributed by atoms with Gasteiger partial charge in [0, 0.05) is 0 Å². The molecule has 0 aliphatic carbocycles. The van der Waals surface area contributed by atoms with Crippen LogP contribution in [0.5, 0.6) is 0 Å². The number of alkyl halides is 1. The fraction of sp³-hybridized carbons (Fsp3) is 0.750. The number of carbonyl (C=O) groups is 1. The van der Waals surface area contributed by atoms with E-state index in [2.05, 4.69) is 20.7 Å². The quantitative estimate of drug-likeness (QED) is 0.390. The van der Waals surface area contributed by atoms with Crippen molar-refractivity contribution in [1.82, 2.24) is 0 Å². The molecule has 40 valence electrons. The van der Waals surface area contributed by atoms with Gasteiger partial charge in [-0.3, -0.25) is 4.79 Å². The summed E-state index contributed by atoms with van der Waals surface area (Å²) in [7, 11) is 0. The van der Waals surface area contributed by atoms with Crippen LogP contribution in [0.2, 0.25) is 0 Å². The molecule has 0 aromatic carbocycles. The third-order valence-electron chi connectivity index (χ3n) is 0.939. The van der Waals surface area contributed by atoms with Crippen molar-refractivity contribution in [2.45, 2.75) is 17.9 Å². The smallest absolute Gasteiger partial charge is 0.323 e. The highest BCUT2D eigenvalue weighted by Crippen LogP contribution is 2.20. The third kappa shape index (κ3) is 0.650. The molecule has 2 nitrogen and oxygen atoms in total. The molecule has 1 aliphatic heterocycles. The van der Waals surface area contributed by atoms with Gasteiger partial charge in [-0.1, -0.05) is 15.9 Å². The van der Waals surface area contributed by atoms with Crippen LogP contribution in [0.25, 0.3) is 0 Å². The molecule has 0 N–H and O–H groups in total. The Morgan fingerprint density at radius 1 is 1.86 bits per heavy atom. The van der Waals surface area contributed by atoms with E-state index in [0.29, 0.717) is 0 Å². The molecule has 3 heteroatoms. The molecule has 0 bridgehead atoms. The van der Waals surface area contributed by atoms with Gasteiger partial charge < -0.3 is 4.74 Å². The van der Waals surface area contributed by atoms with Gasteiger partial charge in [-0.25, -0.2) is 0 Å². The van der Waals surface area contributed by atoms with Crippen LogP contribution in [0.4, 0.5) is 0 Å². The largest absolute Gasteiger partial charge is 0.460 e. The summed E-state index contributed by atoms with van der Waals surface area (Å²) in [5.74, 6) is -0.146. The molecule has 0 saturated carbocycles.